The predicted octanol–water partition coefficient (Wildman–Crippen LogP) is 3.96. The molecule has 1 aliphatic rings. The Morgan fingerprint density at radius 3 is 2.67 bits per heavy atom. The largest absolute Gasteiger partial charge is 0.493 e. The number of halogens is 2. The van der Waals surface area contributed by atoms with E-state index in [1.54, 1.807) is 18.2 Å². The minimum atomic E-state index is -2.85. The number of alkyl halides is 2. The number of para-hydroxylation sites is 1. The van der Waals surface area contributed by atoms with Crippen LogP contribution in [0.5, 0.6) is 11.5 Å². The van der Waals surface area contributed by atoms with Crippen molar-refractivity contribution in [2.45, 2.75) is 51.8 Å². The van der Waals surface area contributed by atoms with Crippen molar-refractivity contribution < 1.29 is 18.3 Å². The van der Waals surface area contributed by atoms with Crippen molar-refractivity contribution in [2.75, 3.05) is 7.11 Å². The number of ether oxygens (including phenoxy) is 2. The standard InChI is InChI=1S/C16H23F2NO2/c1-3-13(9-11-7-8-11)19-10-12-5-4-6-14(20-2)15(12)21-16(17)18/h4-6,11,13,16,19H,3,7-10H2,1-2H3. The Balaban J connectivity index is 2.03. The summed E-state index contributed by atoms with van der Waals surface area (Å²) in [5.41, 5.74) is 0.698. The van der Waals surface area contributed by atoms with Crippen LogP contribution in [0.25, 0.3) is 0 Å². The van der Waals surface area contributed by atoms with E-state index >= 15 is 0 Å². The molecule has 1 saturated carbocycles. The molecule has 2 rings (SSSR count). The maximum absolute atomic E-state index is 12.6. The molecule has 0 bridgehead atoms. The molecule has 1 aromatic rings. The molecule has 1 aromatic carbocycles. The first-order valence-electron chi connectivity index (χ1n) is 7.48. The third-order valence-electron chi connectivity index (χ3n) is 3.88. The molecule has 0 aliphatic heterocycles. The zero-order valence-corrected chi connectivity index (χ0v) is 12.6. The summed E-state index contributed by atoms with van der Waals surface area (Å²) in [5, 5.41) is 3.44. The van der Waals surface area contributed by atoms with Gasteiger partial charge in [-0.25, -0.2) is 0 Å². The van der Waals surface area contributed by atoms with Gasteiger partial charge in [-0.15, -0.1) is 0 Å². The molecule has 1 fully saturated rings. The van der Waals surface area contributed by atoms with Crippen LogP contribution in [0.2, 0.25) is 0 Å². The Hall–Kier alpha value is -1.36. The van der Waals surface area contributed by atoms with Crippen LogP contribution in [-0.2, 0) is 6.54 Å². The Bertz CT molecular complexity index is 450. The fourth-order valence-electron chi connectivity index (χ4n) is 2.49. The lowest BCUT2D eigenvalue weighted by Crippen LogP contribution is -2.28. The van der Waals surface area contributed by atoms with Crippen LogP contribution in [0.15, 0.2) is 18.2 Å². The molecular formula is C16H23F2NO2. The van der Waals surface area contributed by atoms with Crippen molar-refractivity contribution in [3.63, 3.8) is 0 Å². The maximum atomic E-state index is 12.6. The second-order valence-corrected chi connectivity index (χ2v) is 5.49. The van der Waals surface area contributed by atoms with Crippen LogP contribution < -0.4 is 14.8 Å². The number of hydrogen-bond acceptors (Lipinski definition) is 3. The van der Waals surface area contributed by atoms with E-state index in [1.165, 1.54) is 20.0 Å². The Morgan fingerprint density at radius 1 is 1.33 bits per heavy atom. The van der Waals surface area contributed by atoms with Gasteiger partial charge in [0.1, 0.15) is 0 Å². The molecule has 21 heavy (non-hydrogen) atoms. The van der Waals surface area contributed by atoms with E-state index in [0.29, 0.717) is 23.9 Å². The summed E-state index contributed by atoms with van der Waals surface area (Å²) in [4.78, 5) is 0. The minimum absolute atomic E-state index is 0.128. The Morgan fingerprint density at radius 2 is 2.10 bits per heavy atom. The second-order valence-electron chi connectivity index (χ2n) is 5.49. The van der Waals surface area contributed by atoms with Gasteiger partial charge in [0.15, 0.2) is 11.5 Å². The average Bonchev–Trinajstić information content (AvgIpc) is 3.27. The number of rotatable bonds is 9. The van der Waals surface area contributed by atoms with Crippen molar-refractivity contribution >= 4 is 0 Å². The highest BCUT2D eigenvalue weighted by Crippen LogP contribution is 2.35. The van der Waals surface area contributed by atoms with Gasteiger partial charge in [-0.2, -0.15) is 8.78 Å². The fraction of sp³-hybridized carbons (Fsp3) is 0.625. The van der Waals surface area contributed by atoms with Gasteiger partial charge in [-0.05, 0) is 24.8 Å². The number of benzene rings is 1. The lowest BCUT2D eigenvalue weighted by molar-refractivity contribution is -0.0518. The molecule has 1 unspecified atom stereocenters. The molecule has 118 valence electrons. The highest BCUT2D eigenvalue weighted by atomic mass is 19.3. The van der Waals surface area contributed by atoms with E-state index < -0.39 is 6.61 Å². The summed E-state index contributed by atoms with van der Waals surface area (Å²) in [5.74, 6) is 1.30. The van der Waals surface area contributed by atoms with E-state index in [1.807, 2.05) is 0 Å². The monoisotopic (exact) mass is 299 g/mol. The summed E-state index contributed by atoms with van der Waals surface area (Å²) in [6.07, 6.45) is 4.82. The molecular weight excluding hydrogens is 276 g/mol. The zero-order chi connectivity index (χ0) is 15.2. The summed E-state index contributed by atoms with van der Waals surface area (Å²) in [6, 6.07) is 5.62. The summed E-state index contributed by atoms with van der Waals surface area (Å²) < 4.78 is 34.9. The Kier molecular flexibility index (Phi) is 5.79. The van der Waals surface area contributed by atoms with E-state index in [9.17, 15) is 8.78 Å². The summed E-state index contributed by atoms with van der Waals surface area (Å²) in [7, 11) is 1.45. The number of methoxy groups -OCH3 is 1. The van der Waals surface area contributed by atoms with Gasteiger partial charge in [-0.1, -0.05) is 31.9 Å². The quantitative estimate of drug-likeness (QED) is 0.748. The van der Waals surface area contributed by atoms with Crippen LogP contribution in [-0.4, -0.2) is 19.8 Å². The van der Waals surface area contributed by atoms with Gasteiger partial charge < -0.3 is 14.8 Å². The van der Waals surface area contributed by atoms with Crippen molar-refractivity contribution in [2.24, 2.45) is 5.92 Å². The van der Waals surface area contributed by atoms with Crippen LogP contribution >= 0.6 is 0 Å². The summed E-state index contributed by atoms with van der Waals surface area (Å²) in [6.45, 7) is -0.208. The number of hydrogen-bond donors (Lipinski definition) is 1. The molecule has 1 N–H and O–H groups in total. The first-order chi connectivity index (χ1) is 10.1. The molecule has 0 radical (unpaired) electrons. The molecule has 1 aliphatic carbocycles. The van der Waals surface area contributed by atoms with Gasteiger partial charge in [-0.3, -0.25) is 0 Å². The van der Waals surface area contributed by atoms with Gasteiger partial charge in [0, 0.05) is 18.2 Å². The minimum Gasteiger partial charge on any atom is -0.493 e. The lowest BCUT2D eigenvalue weighted by Gasteiger charge is -2.19. The van der Waals surface area contributed by atoms with Crippen LogP contribution in [0.3, 0.4) is 0 Å². The van der Waals surface area contributed by atoms with E-state index in [4.69, 9.17) is 4.74 Å². The van der Waals surface area contributed by atoms with E-state index in [2.05, 4.69) is 17.0 Å². The molecule has 1 atom stereocenters. The lowest BCUT2D eigenvalue weighted by atomic mass is 10.1. The Labute approximate surface area is 124 Å². The van der Waals surface area contributed by atoms with Gasteiger partial charge in [0.05, 0.1) is 7.11 Å². The van der Waals surface area contributed by atoms with E-state index in [-0.39, 0.29) is 5.75 Å². The molecule has 0 aromatic heterocycles. The summed E-state index contributed by atoms with van der Waals surface area (Å²) >= 11 is 0. The van der Waals surface area contributed by atoms with Crippen LogP contribution in [0, 0.1) is 5.92 Å². The predicted molar refractivity (Wildman–Crippen MR) is 77.9 cm³/mol. The fourth-order valence-corrected chi connectivity index (χ4v) is 2.49. The second kappa shape index (κ2) is 7.59. The smallest absolute Gasteiger partial charge is 0.387 e. The van der Waals surface area contributed by atoms with Crippen molar-refractivity contribution in [3.8, 4) is 11.5 Å². The first kappa shape index (κ1) is 16.0. The zero-order valence-electron chi connectivity index (χ0n) is 12.6. The van der Waals surface area contributed by atoms with Gasteiger partial charge in [0.25, 0.3) is 0 Å². The van der Waals surface area contributed by atoms with E-state index in [0.717, 1.165) is 18.8 Å². The topological polar surface area (TPSA) is 30.5 Å². The van der Waals surface area contributed by atoms with Crippen LogP contribution in [0.1, 0.15) is 38.2 Å². The van der Waals surface area contributed by atoms with Gasteiger partial charge in [0.2, 0.25) is 0 Å². The normalized spacial score (nSPS) is 16.0. The van der Waals surface area contributed by atoms with Gasteiger partial charge >= 0.3 is 6.61 Å². The molecule has 0 heterocycles. The average molecular weight is 299 g/mol. The van der Waals surface area contributed by atoms with Crippen molar-refractivity contribution in [3.05, 3.63) is 23.8 Å². The molecule has 0 spiro atoms. The van der Waals surface area contributed by atoms with Crippen molar-refractivity contribution in [1.29, 1.82) is 0 Å². The highest BCUT2D eigenvalue weighted by Gasteiger charge is 2.24. The molecule has 0 amide bonds. The molecule has 5 heteroatoms. The maximum Gasteiger partial charge on any atom is 0.387 e. The first-order valence-corrected chi connectivity index (χ1v) is 7.48. The third kappa shape index (κ3) is 4.84. The SMILES string of the molecule is CCC(CC1CC1)NCc1cccc(OC)c1OC(F)F. The molecule has 0 saturated heterocycles. The van der Waals surface area contributed by atoms with Crippen molar-refractivity contribution in [1.82, 2.24) is 5.32 Å². The number of nitrogens with one attached hydrogen (secondary N) is 1. The molecule has 3 nitrogen and oxygen atoms in total. The van der Waals surface area contributed by atoms with Crippen LogP contribution in [0.4, 0.5) is 8.78 Å². The highest BCUT2D eigenvalue weighted by molar-refractivity contribution is 5.46. The third-order valence-corrected chi connectivity index (χ3v) is 3.88.